The molecule has 0 aliphatic carbocycles. The van der Waals surface area contributed by atoms with Crippen molar-refractivity contribution in [3.63, 3.8) is 0 Å². The van der Waals surface area contributed by atoms with Crippen LogP contribution in [-0.2, 0) is 21.7 Å². The lowest BCUT2D eigenvalue weighted by Crippen LogP contribution is -2.14. The Labute approximate surface area is 151 Å². The first kappa shape index (κ1) is 19.6. The van der Waals surface area contributed by atoms with E-state index in [1.54, 1.807) is 11.8 Å². The molecule has 0 spiro atoms. The molecule has 0 aliphatic rings. The average molecular weight is 437 g/mol. The van der Waals surface area contributed by atoms with Crippen molar-refractivity contribution < 1.29 is 23.1 Å². The van der Waals surface area contributed by atoms with Crippen LogP contribution in [-0.4, -0.2) is 9.79 Å². The van der Waals surface area contributed by atoms with Crippen molar-refractivity contribution in [2.45, 2.75) is 24.1 Å². The van der Waals surface area contributed by atoms with Crippen molar-refractivity contribution in [3.8, 4) is 0 Å². The highest BCUT2D eigenvalue weighted by molar-refractivity contribution is 9.10. The Hall–Kier alpha value is -0.720. The fourth-order valence-corrected chi connectivity index (χ4v) is 4.30. The minimum atomic E-state index is -5.57. The molecule has 0 saturated carbocycles. The molecule has 24 heavy (non-hydrogen) atoms. The van der Waals surface area contributed by atoms with Crippen LogP contribution in [0.2, 0.25) is 0 Å². The summed E-state index contributed by atoms with van der Waals surface area (Å²) in [6.07, 6.45) is 0. The molecule has 0 atom stereocenters. The van der Waals surface area contributed by atoms with Gasteiger partial charge in [0, 0.05) is 21.5 Å². The predicted octanol–water partition coefficient (Wildman–Crippen LogP) is 5.42. The molecule has 0 radical (unpaired) electrons. The van der Waals surface area contributed by atoms with Gasteiger partial charge in [0.25, 0.3) is 0 Å². The van der Waals surface area contributed by atoms with Crippen LogP contribution in [0.3, 0.4) is 0 Å². The van der Waals surface area contributed by atoms with E-state index in [2.05, 4.69) is 15.9 Å². The standard InChI is InChI=1S/C16H16BrF2O3PS/c1-11-2-4-12(5-3-11)9-24-10-13-6-7-14(15(17)8-13)16(18,19)23(20,21)22/h2-8H,9-10H2,1H3,(H2,20,21,22). The first-order chi connectivity index (χ1) is 11.1. The van der Waals surface area contributed by atoms with E-state index >= 15 is 0 Å². The highest BCUT2D eigenvalue weighted by atomic mass is 79.9. The monoisotopic (exact) mass is 436 g/mol. The van der Waals surface area contributed by atoms with Crippen LogP contribution in [0.4, 0.5) is 8.78 Å². The highest BCUT2D eigenvalue weighted by Crippen LogP contribution is 2.60. The van der Waals surface area contributed by atoms with Crippen molar-refractivity contribution in [3.05, 3.63) is 69.2 Å². The molecule has 2 rings (SSSR count). The van der Waals surface area contributed by atoms with E-state index in [0.717, 1.165) is 17.4 Å². The Morgan fingerprint density at radius 2 is 1.62 bits per heavy atom. The number of halogens is 3. The van der Waals surface area contributed by atoms with Crippen LogP contribution >= 0.6 is 35.3 Å². The van der Waals surface area contributed by atoms with Gasteiger partial charge in [0.05, 0.1) is 0 Å². The Kier molecular flexibility index (Phi) is 6.26. The Morgan fingerprint density at radius 3 is 2.17 bits per heavy atom. The van der Waals surface area contributed by atoms with E-state index in [4.69, 9.17) is 9.79 Å². The molecule has 0 fully saturated rings. The quantitative estimate of drug-likeness (QED) is 0.593. The zero-order chi connectivity index (χ0) is 18.0. The van der Waals surface area contributed by atoms with Gasteiger partial charge in [-0.25, -0.2) is 0 Å². The molecule has 2 N–H and O–H groups in total. The lowest BCUT2D eigenvalue weighted by Gasteiger charge is -2.19. The molecule has 130 valence electrons. The third kappa shape index (κ3) is 4.67. The molecule has 0 bridgehead atoms. The number of alkyl halides is 2. The van der Waals surface area contributed by atoms with Gasteiger partial charge in [-0.1, -0.05) is 57.9 Å². The molecule has 0 aromatic heterocycles. The van der Waals surface area contributed by atoms with E-state index in [-0.39, 0.29) is 4.47 Å². The second-order valence-electron chi connectivity index (χ2n) is 5.38. The second-order valence-corrected chi connectivity index (χ2v) is 8.87. The van der Waals surface area contributed by atoms with Crippen LogP contribution in [0.1, 0.15) is 22.3 Å². The molecule has 0 heterocycles. The maximum absolute atomic E-state index is 13.8. The average Bonchev–Trinajstić information content (AvgIpc) is 2.48. The molecular formula is C16H16BrF2O3PS. The molecule has 0 unspecified atom stereocenters. The summed E-state index contributed by atoms with van der Waals surface area (Å²) in [5.41, 5.74) is -1.75. The third-order valence-electron chi connectivity index (χ3n) is 3.38. The maximum Gasteiger partial charge on any atom is 0.399 e. The van der Waals surface area contributed by atoms with Gasteiger partial charge >= 0.3 is 13.3 Å². The lowest BCUT2D eigenvalue weighted by molar-refractivity contribution is 0.0557. The van der Waals surface area contributed by atoms with Gasteiger partial charge in [-0.3, -0.25) is 4.57 Å². The Bertz CT molecular complexity index is 762. The summed E-state index contributed by atoms with van der Waals surface area (Å²) in [6.45, 7) is 2.02. The van der Waals surface area contributed by atoms with Crippen molar-refractivity contribution in [2.24, 2.45) is 0 Å². The van der Waals surface area contributed by atoms with Crippen LogP contribution < -0.4 is 0 Å². The minimum Gasteiger partial charge on any atom is -0.320 e. The van der Waals surface area contributed by atoms with Crippen molar-refractivity contribution in [1.29, 1.82) is 0 Å². The lowest BCUT2D eigenvalue weighted by atomic mass is 10.1. The smallest absolute Gasteiger partial charge is 0.320 e. The summed E-state index contributed by atoms with van der Waals surface area (Å²) in [4.78, 5) is 17.6. The van der Waals surface area contributed by atoms with Crippen molar-refractivity contribution in [1.82, 2.24) is 0 Å². The number of aryl methyl sites for hydroxylation is 1. The summed E-state index contributed by atoms with van der Waals surface area (Å²) in [5, 5.41) is 0. The minimum absolute atomic E-state index is 0.00994. The van der Waals surface area contributed by atoms with E-state index < -0.39 is 18.8 Å². The molecular weight excluding hydrogens is 421 g/mol. The van der Waals surface area contributed by atoms with E-state index in [9.17, 15) is 13.3 Å². The summed E-state index contributed by atoms with van der Waals surface area (Å²) in [6, 6.07) is 12.2. The normalized spacial score (nSPS) is 12.4. The summed E-state index contributed by atoms with van der Waals surface area (Å²) in [5.74, 6) is 1.40. The van der Waals surface area contributed by atoms with Crippen LogP contribution in [0.15, 0.2) is 46.9 Å². The number of hydrogen-bond donors (Lipinski definition) is 2. The molecule has 0 amide bonds. The van der Waals surface area contributed by atoms with Crippen LogP contribution in [0.5, 0.6) is 0 Å². The van der Waals surface area contributed by atoms with Gasteiger partial charge in [-0.05, 0) is 24.1 Å². The number of benzene rings is 2. The SMILES string of the molecule is Cc1ccc(CSCc2ccc(C(F)(F)P(=O)(O)O)c(Br)c2)cc1. The molecule has 3 nitrogen and oxygen atoms in total. The topological polar surface area (TPSA) is 57.5 Å². The van der Waals surface area contributed by atoms with Gasteiger partial charge in [0.2, 0.25) is 0 Å². The number of thioether (sulfide) groups is 1. The third-order valence-corrected chi connectivity index (χ3v) is 6.09. The van der Waals surface area contributed by atoms with E-state index in [1.165, 1.54) is 23.3 Å². The van der Waals surface area contributed by atoms with Crippen LogP contribution in [0, 0.1) is 6.92 Å². The second kappa shape index (κ2) is 7.67. The Morgan fingerprint density at radius 1 is 1.08 bits per heavy atom. The van der Waals surface area contributed by atoms with E-state index in [0.29, 0.717) is 5.75 Å². The highest BCUT2D eigenvalue weighted by Gasteiger charge is 2.51. The molecule has 8 heteroatoms. The van der Waals surface area contributed by atoms with Gasteiger partial charge in [-0.2, -0.15) is 20.5 Å². The molecule has 0 aliphatic heterocycles. The van der Waals surface area contributed by atoms with Gasteiger partial charge in [-0.15, -0.1) is 0 Å². The Balaban J connectivity index is 2.04. The van der Waals surface area contributed by atoms with E-state index in [1.807, 2.05) is 31.2 Å². The zero-order valence-electron chi connectivity index (χ0n) is 12.7. The van der Waals surface area contributed by atoms with Gasteiger partial charge in [0.1, 0.15) is 0 Å². The fourth-order valence-electron chi connectivity index (χ4n) is 2.02. The van der Waals surface area contributed by atoms with Crippen molar-refractivity contribution in [2.75, 3.05) is 0 Å². The molecule has 2 aromatic carbocycles. The first-order valence-corrected chi connectivity index (χ1v) is 10.5. The first-order valence-electron chi connectivity index (χ1n) is 6.97. The largest absolute Gasteiger partial charge is 0.399 e. The molecule has 0 saturated heterocycles. The van der Waals surface area contributed by atoms with Gasteiger partial charge in [0.15, 0.2) is 0 Å². The fraction of sp³-hybridized carbons (Fsp3) is 0.250. The number of rotatable bonds is 6. The van der Waals surface area contributed by atoms with Crippen LogP contribution in [0.25, 0.3) is 0 Å². The van der Waals surface area contributed by atoms with Crippen molar-refractivity contribution >= 4 is 35.3 Å². The summed E-state index contributed by atoms with van der Waals surface area (Å²) >= 11 is 4.62. The molecule has 2 aromatic rings. The maximum atomic E-state index is 13.8. The van der Waals surface area contributed by atoms with Gasteiger partial charge < -0.3 is 9.79 Å². The predicted molar refractivity (Wildman–Crippen MR) is 96.3 cm³/mol. The number of hydrogen-bond acceptors (Lipinski definition) is 2. The zero-order valence-corrected chi connectivity index (χ0v) is 16.0. The summed E-state index contributed by atoms with van der Waals surface area (Å²) < 4.78 is 38.5. The summed E-state index contributed by atoms with van der Waals surface area (Å²) in [7, 11) is -5.57.